The van der Waals surface area contributed by atoms with Gasteiger partial charge in [-0.15, -0.1) is 11.3 Å². The summed E-state index contributed by atoms with van der Waals surface area (Å²) in [6, 6.07) is 13.1. The number of nitrogens with one attached hydrogen (secondary N) is 1. The maximum atomic E-state index is 13.4. The normalized spacial score (nSPS) is 14.4. The standard InChI is InChI=1S/C24H23F2N3O2S/c25-20-7-6-18(14-21(20)26)24(31)29-12-9-16(10-13-29)22(30)27-11-8-19-15-32-23(28-19)17-4-2-1-3-5-17/h1-7,14-16H,8-13H2,(H,27,30). The first-order valence-corrected chi connectivity index (χ1v) is 11.4. The van der Waals surface area contributed by atoms with Crippen molar-refractivity contribution in [1.82, 2.24) is 15.2 Å². The Labute approximate surface area is 189 Å². The molecule has 4 rings (SSSR count). The maximum absolute atomic E-state index is 13.4. The molecule has 2 aromatic carbocycles. The van der Waals surface area contributed by atoms with Crippen molar-refractivity contribution >= 4 is 23.2 Å². The van der Waals surface area contributed by atoms with E-state index in [4.69, 9.17) is 0 Å². The second kappa shape index (κ2) is 9.99. The molecule has 0 unspecified atom stereocenters. The Kier molecular flexibility index (Phi) is 6.90. The quantitative estimate of drug-likeness (QED) is 0.603. The van der Waals surface area contributed by atoms with Crippen molar-refractivity contribution in [3.63, 3.8) is 0 Å². The van der Waals surface area contributed by atoms with Gasteiger partial charge in [-0.1, -0.05) is 30.3 Å². The lowest BCUT2D eigenvalue weighted by Gasteiger charge is -2.31. The van der Waals surface area contributed by atoms with Crippen molar-refractivity contribution in [2.24, 2.45) is 5.92 Å². The molecule has 0 bridgehead atoms. The number of hydrogen-bond acceptors (Lipinski definition) is 4. The molecule has 1 aliphatic rings. The summed E-state index contributed by atoms with van der Waals surface area (Å²) in [5.74, 6) is -2.56. The largest absolute Gasteiger partial charge is 0.355 e. The number of rotatable bonds is 6. The molecule has 3 aromatic rings. The van der Waals surface area contributed by atoms with Gasteiger partial charge in [0.1, 0.15) is 5.01 Å². The fraction of sp³-hybridized carbons (Fsp3) is 0.292. The molecule has 5 nitrogen and oxygen atoms in total. The summed E-state index contributed by atoms with van der Waals surface area (Å²) in [5.41, 5.74) is 2.14. The first-order valence-electron chi connectivity index (χ1n) is 10.5. The Balaban J connectivity index is 1.22. The van der Waals surface area contributed by atoms with Gasteiger partial charge in [0, 0.05) is 48.5 Å². The van der Waals surface area contributed by atoms with Crippen LogP contribution in [0.1, 0.15) is 28.9 Å². The number of hydrogen-bond donors (Lipinski definition) is 1. The van der Waals surface area contributed by atoms with Gasteiger partial charge in [-0.2, -0.15) is 0 Å². The molecular formula is C24H23F2N3O2S. The molecule has 2 heterocycles. The van der Waals surface area contributed by atoms with Gasteiger partial charge in [0.2, 0.25) is 5.91 Å². The van der Waals surface area contributed by atoms with Gasteiger partial charge in [-0.05, 0) is 31.0 Å². The molecule has 2 amide bonds. The molecule has 0 atom stereocenters. The van der Waals surface area contributed by atoms with E-state index in [1.807, 2.05) is 35.7 Å². The zero-order valence-electron chi connectivity index (χ0n) is 17.4. The van der Waals surface area contributed by atoms with E-state index in [1.54, 1.807) is 16.2 Å². The smallest absolute Gasteiger partial charge is 0.253 e. The maximum Gasteiger partial charge on any atom is 0.253 e. The third kappa shape index (κ3) is 5.19. The average molecular weight is 456 g/mol. The molecule has 1 fully saturated rings. The number of halogens is 2. The predicted molar refractivity (Wildman–Crippen MR) is 119 cm³/mol. The molecule has 8 heteroatoms. The van der Waals surface area contributed by atoms with Crippen LogP contribution < -0.4 is 5.32 Å². The Hall–Kier alpha value is -3.13. The zero-order chi connectivity index (χ0) is 22.5. The van der Waals surface area contributed by atoms with Crippen LogP contribution in [0.15, 0.2) is 53.9 Å². The average Bonchev–Trinajstić information content (AvgIpc) is 3.30. The topological polar surface area (TPSA) is 62.3 Å². The first kappa shape index (κ1) is 22.1. The lowest BCUT2D eigenvalue weighted by atomic mass is 9.95. The molecule has 0 saturated carbocycles. The molecule has 166 valence electrons. The molecular weight excluding hydrogens is 432 g/mol. The lowest BCUT2D eigenvalue weighted by Crippen LogP contribution is -2.43. The Bertz CT molecular complexity index is 1100. The second-order valence-electron chi connectivity index (χ2n) is 7.75. The summed E-state index contributed by atoms with van der Waals surface area (Å²) < 4.78 is 26.5. The first-order chi connectivity index (χ1) is 15.5. The van der Waals surface area contributed by atoms with Crippen LogP contribution in [0.4, 0.5) is 8.78 Å². The Morgan fingerprint density at radius 3 is 2.53 bits per heavy atom. The highest BCUT2D eigenvalue weighted by Gasteiger charge is 2.28. The number of carbonyl (C=O) groups is 2. The van der Waals surface area contributed by atoms with Crippen LogP contribution in [0, 0.1) is 17.6 Å². The molecule has 0 spiro atoms. The number of thiazole rings is 1. The number of likely N-dealkylation sites (tertiary alicyclic amines) is 1. The third-order valence-corrected chi connectivity index (χ3v) is 6.51. The van der Waals surface area contributed by atoms with Crippen molar-refractivity contribution in [3.8, 4) is 10.6 Å². The van der Waals surface area contributed by atoms with Crippen LogP contribution in [-0.4, -0.2) is 41.3 Å². The number of benzene rings is 2. The fourth-order valence-electron chi connectivity index (χ4n) is 3.75. The van der Waals surface area contributed by atoms with Crippen LogP contribution in [0.25, 0.3) is 10.6 Å². The van der Waals surface area contributed by atoms with Gasteiger partial charge in [-0.3, -0.25) is 9.59 Å². The summed E-state index contributed by atoms with van der Waals surface area (Å²) in [6.45, 7) is 1.32. The second-order valence-corrected chi connectivity index (χ2v) is 8.60. The highest BCUT2D eigenvalue weighted by Crippen LogP contribution is 2.24. The fourth-order valence-corrected chi connectivity index (χ4v) is 4.61. The minimum absolute atomic E-state index is 0.0246. The minimum atomic E-state index is -1.04. The Morgan fingerprint density at radius 1 is 1.06 bits per heavy atom. The number of nitrogens with zero attached hydrogens (tertiary/aromatic N) is 2. The molecule has 1 aliphatic heterocycles. The summed E-state index contributed by atoms with van der Waals surface area (Å²) >= 11 is 1.59. The van der Waals surface area contributed by atoms with E-state index in [2.05, 4.69) is 10.3 Å². The third-order valence-electron chi connectivity index (χ3n) is 5.57. The van der Waals surface area contributed by atoms with E-state index in [9.17, 15) is 18.4 Å². The van der Waals surface area contributed by atoms with Crippen LogP contribution in [0.3, 0.4) is 0 Å². The van der Waals surface area contributed by atoms with Crippen molar-refractivity contribution < 1.29 is 18.4 Å². The van der Waals surface area contributed by atoms with Crippen LogP contribution in [-0.2, 0) is 11.2 Å². The SMILES string of the molecule is O=C(NCCc1csc(-c2ccccc2)n1)C1CCN(C(=O)c2ccc(F)c(F)c2)CC1. The van der Waals surface area contributed by atoms with E-state index in [0.29, 0.717) is 38.9 Å². The van der Waals surface area contributed by atoms with Crippen LogP contribution >= 0.6 is 11.3 Å². The molecule has 0 radical (unpaired) electrons. The van der Waals surface area contributed by atoms with Gasteiger partial charge in [-0.25, -0.2) is 13.8 Å². The summed E-state index contributed by atoms with van der Waals surface area (Å²) in [4.78, 5) is 31.2. The van der Waals surface area contributed by atoms with Gasteiger partial charge >= 0.3 is 0 Å². The predicted octanol–water partition coefficient (Wildman–Crippen LogP) is 4.30. The lowest BCUT2D eigenvalue weighted by molar-refractivity contribution is -0.126. The molecule has 32 heavy (non-hydrogen) atoms. The summed E-state index contributed by atoms with van der Waals surface area (Å²) in [7, 11) is 0. The van der Waals surface area contributed by atoms with E-state index in [0.717, 1.165) is 28.4 Å². The van der Waals surface area contributed by atoms with E-state index < -0.39 is 11.6 Å². The number of aromatic nitrogens is 1. The molecule has 0 aliphatic carbocycles. The van der Waals surface area contributed by atoms with E-state index in [-0.39, 0.29) is 23.3 Å². The minimum Gasteiger partial charge on any atom is -0.355 e. The highest BCUT2D eigenvalue weighted by molar-refractivity contribution is 7.13. The van der Waals surface area contributed by atoms with Crippen LogP contribution in [0.2, 0.25) is 0 Å². The number of piperidine rings is 1. The van der Waals surface area contributed by atoms with Crippen molar-refractivity contribution in [3.05, 3.63) is 76.8 Å². The van der Waals surface area contributed by atoms with Gasteiger partial charge in [0.25, 0.3) is 5.91 Å². The van der Waals surface area contributed by atoms with Crippen molar-refractivity contribution in [2.75, 3.05) is 19.6 Å². The highest BCUT2D eigenvalue weighted by atomic mass is 32.1. The van der Waals surface area contributed by atoms with E-state index in [1.165, 1.54) is 6.07 Å². The Morgan fingerprint density at radius 2 is 1.81 bits per heavy atom. The van der Waals surface area contributed by atoms with Crippen molar-refractivity contribution in [1.29, 1.82) is 0 Å². The van der Waals surface area contributed by atoms with Gasteiger partial charge < -0.3 is 10.2 Å². The van der Waals surface area contributed by atoms with Crippen molar-refractivity contribution in [2.45, 2.75) is 19.3 Å². The van der Waals surface area contributed by atoms with Crippen LogP contribution in [0.5, 0.6) is 0 Å². The number of amides is 2. The molecule has 1 aromatic heterocycles. The molecule has 1 saturated heterocycles. The zero-order valence-corrected chi connectivity index (χ0v) is 18.2. The van der Waals surface area contributed by atoms with Gasteiger partial charge in [0.15, 0.2) is 11.6 Å². The summed E-state index contributed by atoms with van der Waals surface area (Å²) in [5, 5.41) is 5.94. The number of carbonyl (C=O) groups excluding carboxylic acids is 2. The summed E-state index contributed by atoms with van der Waals surface area (Å²) in [6.07, 6.45) is 1.73. The monoisotopic (exact) mass is 455 g/mol. The molecule has 1 N–H and O–H groups in total. The van der Waals surface area contributed by atoms with E-state index >= 15 is 0 Å². The van der Waals surface area contributed by atoms with Gasteiger partial charge in [0.05, 0.1) is 5.69 Å².